The second-order valence-corrected chi connectivity index (χ2v) is 6.10. The molecule has 19 heavy (non-hydrogen) atoms. The van der Waals surface area contributed by atoms with E-state index in [1.165, 1.54) is 0 Å². The van der Waals surface area contributed by atoms with E-state index in [0.29, 0.717) is 28.8 Å². The van der Waals surface area contributed by atoms with Crippen molar-refractivity contribution in [3.63, 3.8) is 0 Å². The smallest absolute Gasteiger partial charge is 0.321 e. The molecule has 0 fully saturated rings. The van der Waals surface area contributed by atoms with Crippen molar-refractivity contribution in [1.29, 1.82) is 0 Å². The van der Waals surface area contributed by atoms with Gasteiger partial charge in [0.2, 0.25) is 0 Å². The van der Waals surface area contributed by atoms with Crippen LogP contribution < -0.4 is 11.1 Å². The number of benzene rings is 1. The number of nitrogens with zero attached hydrogens (tertiary/aromatic N) is 1. The van der Waals surface area contributed by atoms with Gasteiger partial charge in [0.1, 0.15) is 0 Å². The fraction of sp³-hybridized carbons (Fsp3) is 0.462. The Kier molecular flexibility index (Phi) is 5.47. The zero-order valence-corrected chi connectivity index (χ0v) is 12.8. The highest BCUT2D eigenvalue weighted by molar-refractivity contribution is 6.42. The van der Waals surface area contributed by atoms with Crippen LogP contribution in [0, 0.1) is 5.41 Å². The minimum absolute atomic E-state index is 0.121. The highest BCUT2D eigenvalue weighted by Gasteiger charge is 2.21. The summed E-state index contributed by atoms with van der Waals surface area (Å²) in [6.07, 6.45) is 0. The first-order valence-electron chi connectivity index (χ1n) is 5.92. The minimum atomic E-state index is -0.208. The van der Waals surface area contributed by atoms with E-state index in [-0.39, 0.29) is 11.4 Å². The maximum absolute atomic E-state index is 12.0. The Bertz CT molecular complexity index is 463. The van der Waals surface area contributed by atoms with Crippen molar-refractivity contribution in [2.24, 2.45) is 11.1 Å². The Morgan fingerprint density at radius 1 is 1.37 bits per heavy atom. The molecule has 0 aliphatic carbocycles. The summed E-state index contributed by atoms with van der Waals surface area (Å²) in [5.74, 6) is 0. The molecule has 0 heterocycles. The van der Waals surface area contributed by atoms with Crippen molar-refractivity contribution in [1.82, 2.24) is 4.90 Å². The summed E-state index contributed by atoms with van der Waals surface area (Å²) in [6, 6.07) is 4.75. The van der Waals surface area contributed by atoms with Crippen LogP contribution in [0.3, 0.4) is 0 Å². The van der Waals surface area contributed by atoms with Crippen LogP contribution in [0.2, 0.25) is 10.0 Å². The lowest BCUT2D eigenvalue weighted by Gasteiger charge is -2.29. The van der Waals surface area contributed by atoms with E-state index >= 15 is 0 Å². The summed E-state index contributed by atoms with van der Waals surface area (Å²) < 4.78 is 0. The summed E-state index contributed by atoms with van der Waals surface area (Å²) in [6.45, 7) is 5.10. The average Bonchev–Trinajstić information content (AvgIpc) is 2.33. The van der Waals surface area contributed by atoms with Crippen molar-refractivity contribution in [3.05, 3.63) is 28.2 Å². The molecule has 0 aliphatic rings. The molecule has 0 saturated heterocycles. The van der Waals surface area contributed by atoms with Crippen LogP contribution in [0.15, 0.2) is 18.2 Å². The van der Waals surface area contributed by atoms with E-state index in [4.69, 9.17) is 28.9 Å². The number of nitrogens with two attached hydrogens (primary N) is 1. The molecular weight excluding hydrogens is 285 g/mol. The second kappa shape index (κ2) is 6.46. The van der Waals surface area contributed by atoms with Gasteiger partial charge in [-0.2, -0.15) is 0 Å². The molecule has 3 N–H and O–H groups in total. The number of anilines is 1. The van der Waals surface area contributed by atoms with Gasteiger partial charge in [-0.15, -0.1) is 0 Å². The number of halogens is 2. The topological polar surface area (TPSA) is 58.4 Å². The molecule has 1 aromatic rings. The molecule has 0 aliphatic heterocycles. The van der Waals surface area contributed by atoms with Crippen LogP contribution in [0.5, 0.6) is 0 Å². The van der Waals surface area contributed by atoms with Gasteiger partial charge in [-0.1, -0.05) is 37.0 Å². The number of hydrogen-bond acceptors (Lipinski definition) is 2. The molecular formula is C13H19Cl2N3O. The van der Waals surface area contributed by atoms with Gasteiger partial charge in [-0.25, -0.2) is 4.79 Å². The van der Waals surface area contributed by atoms with Gasteiger partial charge in [0, 0.05) is 19.3 Å². The first-order valence-corrected chi connectivity index (χ1v) is 6.68. The minimum Gasteiger partial charge on any atom is -0.330 e. The summed E-state index contributed by atoms with van der Waals surface area (Å²) in [7, 11) is 1.73. The van der Waals surface area contributed by atoms with Gasteiger partial charge in [-0.05, 0) is 30.2 Å². The van der Waals surface area contributed by atoms with Gasteiger partial charge in [0.15, 0.2) is 0 Å². The molecule has 2 amide bonds. The lowest BCUT2D eigenvalue weighted by atomic mass is 9.93. The Morgan fingerprint density at radius 2 is 2.00 bits per heavy atom. The third-order valence-electron chi connectivity index (χ3n) is 2.74. The molecule has 1 rings (SSSR count). The number of hydrogen-bond donors (Lipinski definition) is 2. The quantitative estimate of drug-likeness (QED) is 0.895. The Labute approximate surface area is 123 Å². The van der Waals surface area contributed by atoms with Gasteiger partial charge >= 0.3 is 6.03 Å². The van der Waals surface area contributed by atoms with Crippen molar-refractivity contribution < 1.29 is 4.79 Å². The normalized spacial score (nSPS) is 11.3. The fourth-order valence-corrected chi connectivity index (χ4v) is 1.87. The van der Waals surface area contributed by atoms with Crippen LogP contribution in [0.4, 0.5) is 10.5 Å². The maximum atomic E-state index is 12.0. The van der Waals surface area contributed by atoms with Gasteiger partial charge < -0.3 is 16.0 Å². The van der Waals surface area contributed by atoms with Crippen LogP contribution in [0.25, 0.3) is 0 Å². The number of urea groups is 1. The number of amides is 2. The van der Waals surface area contributed by atoms with E-state index in [2.05, 4.69) is 5.32 Å². The second-order valence-electron chi connectivity index (χ2n) is 5.28. The predicted molar refractivity (Wildman–Crippen MR) is 80.9 cm³/mol. The molecule has 0 saturated carbocycles. The molecule has 0 radical (unpaired) electrons. The number of nitrogens with one attached hydrogen (secondary N) is 1. The SMILES string of the molecule is CN(CC(C)(C)CN)C(=O)Nc1ccc(Cl)c(Cl)c1. The molecule has 0 unspecified atom stereocenters. The summed E-state index contributed by atoms with van der Waals surface area (Å²) >= 11 is 11.7. The molecule has 0 aromatic heterocycles. The zero-order valence-electron chi connectivity index (χ0n) is 11.3. The lowest BCUT2D eigenvalue weighted by Crippen LogP contribution is -2.41. The molecule has 4 nitrogen and oxygen atoms in total. The van der Waals surface area contributed by atoms with Gasteiger partial charge in [0.05, 0.1) is 10.0 Å². The highest BCUT2D eigenvalue weighted by Crippen LogP contribution is 2.25. The monoisotopic (exact) mass is 303 g/mol. The first kappa shape index (κ1) is 16.1. The number of carbonyl (C=O) groups excluding carboxylic acids is 1. The van der Waals surface area contributed by atoms with Gasteiger partial charge in [0.25, 0.3) is 0 Å². The van der Waals surface area contributed by atoms with Crippen LogP contribution in [0.1, 0.15) is 13.8 Å². The molecule has 6 heteroatoms. The summed E-state index contributed by atoms with van der Waals surface area (Å²) in [4.78, 5) is 13.6. The van der Waals surface area contributed by atoms with Crippen molar-refractivity contribution in [3.8, 4) is 0 Å². The van der Waals surface area contributed by atoms with Crippen LogP contribution >= 0.6 is 23.2 Å². The Morgan fingerprint density at radius 3 is 2.53 bits per heavy atom. The van der Waals surface area contributed by atoms with E-state index in [9.17, 15) is 4.79 Å². The fourth-order valence-electron chi connectivity index (χ4n) is 1.57. The standard InChI is InChI=1S/C13H19Cl2N3O/c1-13(2,7-16)8-18(3)12(19)17-9-4-5-10(14)11(15)6-9/h4-6H,7-8,16H2,1-3H3,(H,17,19). The van der Waals surface area contributed by atoms with E-state index in [1.807, 2.05) is 13.8 Å². The van der Waals surface area contributed by atoms with Crippen LogP contribution in [-0.2, 0) is 0 Å². The number of rotatable bonds is 4. The van der Waals surface area contributed by atoms with E-state index in [0.717, 1.165) is 0 Å². The molecule has 0 spiro atoms. The predicted octanol–water partition coefficient (Wildman–Crippen LogP) is 3.44. The Balaban J connectivity index is 2.66. The molecule has 0 bridgehead atoms. The first-order chi connectivity index (χ1) is 8.75. The van der Waals surface area contributed by atoms with E-state index in [1.54, 1.807) is 30.1 Å². The van der Waals surface area contributed by atoms with Crippen molar-refractivity contribution in [2.75, 3.05) is 25.5 Å². The molecule has 1 aromatic carbocycles. The summed E-state index contributed by atoms with van der Waals surface area (Å²) in [5, 5.41) is 3.62. The average molecular weight is 304 g/mol. The number of carbonyl (C=O) groups is 1. The van der Waals surface area contributed by atoms with Crippen LogP contribution in [-0.4, -0.2) is 31.1 Å². The third kappa shape index (κ3) is 4.90. The molecule has 106 valence electrons. The van der Waals surface area contributed by atoms with Crippen molar-refractivity contribution in [2.45, 2.75) is 13.8 Å². The lowest BCUT2D eigenvalue weighted by molar-refractivity contribution is 0.197. The van der Waals surface area contributed by atoms with Gasteiger partial charge in [-0.3, -0.25) is 0 Å². The van der Waals surface area contributed by atoms with E-state index < -0.39 is 0 Å². The Hall–Kier alpha value is -0.970. The largest absolute Gasteiger partial charge is 0.330 e. The highest BCUT2D eigenvalue weighted by atomic mass is 35.5. The molecule has 0 atom stereocenters. The van der Waals surface area contributed by atoms with Crippen molar-refractivity contribution >= 4 is 34.9 Å². The third-order valence-corrected chi connectivity index (χ3v) is 3.47. The summed E-state index contributed by atoms with van der Waals surface area (Å²) in [5.41, 5.74) is 6.14. The maximum Gasteiger partial charge on any atom is 0.321 e. The zero-order chi connectivity index (χ0) is 14.6.